The molecule has 1 atom stereocenters. The van der Waals surface area contributed by atoms with E-state index in [1.54, 1.807) is 0 Å². The molecular formula is C25H27ClN2O. The van der Waals surface area contributed by atoms with Crippen LogP contribution in [0.5, 0.6) is 0 Å². The average Bonchev–Trinajstić information content (AvgIpc) is 2.77. The molecule has 0 amide bonds. The molecule has 0 spiro atoms. The molecule has 3 nitrogen and oxygen atoms in total. The zero-order valence-corrected chi connectivity index (χ0v) is 17.2. The lowest BCUT2D eigenvalue weighted by Gasteiger charge is -2.40. The quantitative estimate of drug-likeness (QED) is 0.638. The maximum Gasteiger partial charge on any atom is 0.0916 e. The highest BCUT2D eigenvalue weighted by atomic mass is 35.5. The molecule has 1 aliphatic rings. The normalized spacial score (nSPS) is 16.8. The van der Waals surface area contributed by atoms with Crippen LogP contribution in [0.3, 0.4) is 0 Å². The molecule has 1 heterocycles. The Morgan fingerprint density at radius 3 is 1.72 bits per heavy atom. The van der Waals surface area contributed by atoms with E-state index >= 15 is 0 Å². The van der Waals surface area contributed by atoms with E-state index in [0.717, 1.165) is 31.7 Å². The molecule has 4 heteroatoms. The summed E-state index contributed by atoms with van der Waals surface area (Å²) >= 11 is 5.96. The van der Waals surface area contributed by atoms with Crippen molar-refractivity contribution < 1.29 is 5.11 Å². The lowest BCUT2D eigenvalue weighted by Crippen LogP contribution is -2.48. The van der Waals surface area contributed by atoms with Crippen molar-refractivity contribution in [3.8, 4) is 0 Å². The minimum absolute atomic E-state index is 0.265. The highest BCUT2D eigenvalue weighted by Crippen LogP contribution is 2.29. The van der Waals surface area contributed by atoms with E-state index < -0.39 is 6.10 Å². The first kappa shape index (κ1) is 20.1. The van der Waals surface area contributed by atoms with Crippen molar-refractivity contribution in [3.05, 3.63) is 107 Å². The van der Waals surface area contributed by atoms with Crippen molar-refractivity contribution in [2.24, 2.45) is 0 Å². The molecule has 1 N–H and O–H groups in total. The van der Waals surface area contributed by atoms with Crippen LogP contribution in [0, 0.1) is 0 Å². The third-order valence-corrected chi connectivity index (χ3v) is 5.94. The molecule has 3 aromatic carbocycles. The first-order valence-electron chi connectivity index (χ1n) is 10.2. The van der Waals surface area contributed by atoms with Crippen LogP contribution in [-0.4, -0.2) is 47.6 Å². The van der Waals surface area contributed by atoms with Gasteiger partial charge in [-0.2, -0.15) is 0 Å². The second-order valence-corrected chi connectivity index (χ2v) is 8.06. The van der Waals surface area contributed by atoms with Gasteiger partial charge in [0.15, 0.2) is 0 Å². The maximum atomic E-state index is 10.6. The molecule has 0 aromatic heterocycles. The summed E-state index contributed by atoms with van der Waals surface area (Å²) in [5.74, 6) is 0. The Morgan fingerprint density at radius 2 is 1.21 bits per heavy atom. The van der Waals surface area contributed by atoms with Gasteiger partial charge in [0, 0.05) is 37.7 Å². The molecule has 0 unspecified atom stereocenters. The number of aliphatic hydroxyl groups is 1. The number of piperazine rings is 1. The van der Waals surface area contributed by atoms with Gasteiger partial charge in [-0.15, -0.1) is 0 Å². The van der Waals surface area contributed by atoms with Crippen molar-refractivity contribution >= 4 is 11.6 Å². The Bertz CT molecular complexity index is 838. The highest BCUT2D eigenvalue weighted by Gasteiger charge is 2.27. The first-order valence-corrected chi connectivity index (χ1v) is 10.6. The van der Waals surface area contributed by atoms with E-state index in [-0.39, 0.29) is 6.04 Å². The lowest BCUT2D eigenvalue weighted by atomic mass is 9.96. The van der Waals surface area contributed by atoms with Gasteiger partial charge >= 0.3 is 0 Å². The summed E-state index contributed by atoms with van der Waals surface area (Å²) in [6.07, 6.45) is -0.488. The second kappa shape index (κ2) is 9.55. The number of rotatable bonds is 6. The second-order valence-electron chi connectivity index (χ2n) is 7.63. The monoisotopic (exact) mass is 406 g/mol. The Hall–Kier alpha value is -2.17. The molecule has 0 bridgehead atoms. The predicted molar refractivity (Wildman–Crippen MR) is 119 cm³/mol. The van der Waals surface area contributed by atoms with Gasteiger partial charge in [-0.1, -0.05) is 84.4 Å². The predicted octanol–water partition coefficient (Wildman–Crippen LogP) is 4.78. The van der Waals surface area contributed by atoms with Crippen molar-refractivity contribution in [2.75, 3.05) is 32.7 Å². The van der Waals surface area contributed by atoms with Crippen LogP contribution in [-0.2, 0) is 0 Å². The van der Waals surface area contributed by atoms with Gasteiger partial charge in [0.25, 0.3) is 0 Å². The Morgan fingerprint density at radius 1 is 0.690 bits per heavy atom. The van der Waals surface area contributed by atoms with E-state index in [4.69, 9.17) is 11.6 Å². The number of hydrogen-bond donors (Lipinski definition) is 1. The molecule has 1 aliphatic heterocycles. The Labute approximate surface area is 178 Å². The Kier molecular flexibility index (Phi) is 6.63. The molecule has 4 rings (SSSR count). The zero-order valence-electron chi connectivity index (χ0n) is 16.5. The van der Waals surface area contributed by atoms with E-state index in [1.165, 1.54) is 11.1 Å². The van der Waals surface area contributed by atoms with Crippen LogP contribution in [0.2, 0.25) is 5.02 Å². The minimum Gasteiger partial charge on any atom is -0.387 e. The van der Waals surface area contributed by atoms with E-state index in [1.807, 2.05) is 24.3 Å². The molecule has 3 aromatic rings. The van der Waals surface area contributed by atoms with Gasteiger partial charge in [-0.25, -0.2) is 0 Å². The summed E-state index contributed by atoms with van der Waals surface area (Å²) in [6, 6.07) is 29.2. The molecule has 29 heavy (non-hydrogen) atoms. The van der Waals surface area contributed by atoms with Crippen molar-refractivity contribution in [3.63, 3.8) is 0 Å². The van der Waals surface area contributed by atoms with Gasteiger partial charge in [0.1, 0.15) is 0 Å². The lowest BCUT2D eigenvalue weighted by molar-refractivity contribution is 0.0623. The van der Waals surface area contributed by atoms with E-state index in [9.17, 15) is 5.11 Å². The maximum absolute atomic E-state index is 10.6. The summed E-state index contributed by atoms with van der Waals surface area (Å²) in [5.41, 5.74) is 3.57. The van der Waals surface area contributed by atoms with Gasteiger partial charge in [-0.3, -0.25) is 9.80 Å². The first-order chi connectivity index (χ1) is 14.2. The fourth-order valence-corrected chi connectivity index (χ4v) is 4.25. The fraction of sp³-hybridized carbons (Fsp3) is 0.280. The van der Waals surface area contributed by atoms with Gasteiger partial charge in [-0.05, 0) is 28.8 Å². The SMILES string of the molecule is O[C@H](CN1CCN(C(c2ccccc2)c2ccccc2)CC1)c1ccc(Cl)cc1. The molecule has 0 aliphatic carbocycles. The highest BCUT2D eigenvalue weighted by molar-refractivity contribution is 6.30. The molecule has 0 radical (unpaired) electrons. The number of hydrogen-bond acceptors (Lipinski definition) is 3. The largest absolute Gasteiger partial charge is 0.387 e. The summed E-state index contributed by atoms with van der Waals surface area (Å²) in [5, 5.41) is 11.3. The molecular weight excluding hydrogens is 380 g/mol. The smallest absolute Gasteiger partial charge is 0.0916 e. The van der Waals surface area contributed by atoms with Crippen LogP contribution in [0.1, 0.15) is 28.8 Å². The fourth-order valence-electron chi connectivity index (χ4n) is 4.12. The van der Waals surface area contributed by atoms with Crippen molar-refractivity contribution in [1.29, 1.82) is 0 Å². The van der Waals surface area contributed by atoms with Gasteiger partial charge in [0.05, 0.1) is 12.1 Å². The summed E-state index contributed by atoms with van der Waals surface area (Å²) in [4.78, 5) is 4.90. The minimum atomic E-state index is -0.488. The number of nitrogens with zero attached hydrogens (tertiary/aromatic N) is 2. The van der Waals surface area contributed by atoms with E-state index in [2.05, 4.69) is 70.5 Å². The number of halogens is 1. The summed E-state index contributed by atoms with van der Waals surface area (Å²) < 4.78 is 0. The molecule has 1 saturated heterocycles. The van der Waals surface area contributed by atoms with Crippen LogP contribution < -0.4 is 0 Å². The third kappa shape index (κ3) is 5.06. The van der Waals surface area contributed by atoms with Gasteiger partial charge < -0.3 is 5.11 Å². The molecule has 150 valence electrons. The molecule has 0 saturated carbocycles. The number of aliphatic hydroxyl groups excluding tert-OH is 1. The van der Waals surface area contributed by atoms with Crippen LogP contribution >= 0.6 is 11.6 Å². The summed E-state index contributed by atoms with van der Waals surface area (Å²) in [7, 11) is 0. The molecule has 1 fully saturated rings. The van der Waals surface area contributed by atoms with Gasteiger partial charge in [0.2, 0.25) is 0 Å². The third-order valence-electron chi connectivity index (χ3n) is 5.69. The Balaban J connectivity index is 1.42. The van der Waals surface area contributed by atoms with Crippen LogP contribution in [0.25, 0.3) is 0 Å². The zero-order chi connectivity index (χ0) is 20.1. The average molecular weight is 407 g/mol. The topological polar surface area (TPSA) is 26.7 Å². The summed E-state index contributed by atoms with van der Waals surface area (Å²) in [6.45, 7) is 4.49. The van der Waals surface area contributed by atoms with E-state index in [0.29, 0.717) is 11.6 Å². The van der Waals surface area contributed by atoms with Crippen molar-refractivity contribution in [2.45, 2.75) is 12.1 Å². The van der Waals surface area contributed by atoms with Crippen LogP contribution in [0.4, 0.5) is 0 Å². The number of β-amino-alcohol motifs (C(OH)–C–C–N with tert-alkyl or cyclic N) is 1. The number of benzene rings is 3. The standard InChI is InChI=1S/C25H27ClN2O/c26-23-13-11-20(12-14-23)24(29)19-27-15-17-28(18-16-27)25(21-7-3-1-4-8-21)22-9-5-2-6-10-22/h1-14,24-25,29H,15-19H2/t24-/m1/s1. The van der Waals surface area contributed by atoms with Crippen LogP contribution in [0.15, 0.2) is 84.9 Å². The van der Waals surface area contributed by atoms with Crippen molar-refractivity contribution in [1.82, 2.24) is 9.80 Å².